The van der Waals surface area contributed by atoms with Crippen molar-refractivity contribution in [2.75, 3.05) is 0 Å². The Labute approximate surface area is 218 Å². The number of carbonyl (C=O) groups is 3. The van der Waals surface area contributed by atoms with Crippen LogP contribution in [0, 0.1) is 0 Å². The van der Waals surface area contributed by atoms with Gasteiger partial charge in [-0.2, -0.15) is 4.52 Å². The maximum absolute atomic E-state index is 13.1. The molecule has 0 saturated heterocycles. The third-order valence-corrected chi connectivity index (χ3v) is 6.14. The summed E-state index contributed by atoms with van der Waals surface area (Å²) in [4.78, 5) is 53.1. The van der Waals surface area contributed by atoms with Gasteiger partial charge in [0.25, 0.3) is 17.7 Å². The number of hydrogen-bond acceptors (Lipinski definition) is 9. The van der Waals surface area contributed by atoms with Crippen molar-refractivity contribution in [2.45, 2.75) is 19.5 Å². The van der Waals surface area contributed by atoms with Crippen LogP contribution < -0.4 is 16.4 Å². The van der Waals surface area contributed by atoms with Crippen molar-refractivity contribution in [1.29, 1.82) is 0 Å². The van der Waals surface area contributed by atoms with E-state index < -0.39 is 35.5 Å². The summed E-state index contributed by atoms with van der Waals surface area (Å²) in [5.41, 5.74) is 1.94. The minimum absolute atomic E-state index is 0.0730. The highest BCUT2D eigenvalue weighted by Crippen LogP contribution is 2.18. The molecule has 14 nitrogen and oxygen atoms in total. The van der Waals surface area contributed by atoms with Gasteiger partial charge in [0.05, 0.1) is 17.1 Å². The minimum Gasteiger partial charge on any atom is -0.489 e. The van der Waals surface area contributed by atoms with Crippen LogP contribution in [0.25, 0.3) is 16.7 Å². The Bertz CT molecular complexity index is 1820. The highest BCUT2D eigenvalue weighted by Gasteiger charge is 2.22. The van der Waals surface area contributed by atoms with Crippen LogP contribution in [-0.4, -0.2) is 52.4 Å². The number of benzene rings is 2. The molecular weight excluding hydrogens is 510 g/mol. The summed E-state index contributed by atoms with van der Waals surface area (Å²) in [6.07, 6.45) is 0. The van der Waals surface area contributed by atoms with Crippen LogP contribution in [0.1, 0.15) is 55.4 Å². The number of aromatic nitrogens is 5. The van der Waals surface area contributed by atoms with Gasteiger partial charge in [-0.3, -0.25) is 14.2 Å². The lowest BCUT2D eigenvalue weighted by Crippen LogP contribution is -2.30. The molecule has 0 aliphatic rings. The van der Waals surface area contributed by atoms with Crippen LogP contribution >= 0.6 is 0 Å². The molecule has 2 aromatic carbocycles. The predicted molar refractivity (Wildman–Crippen MR) is 134 cm³/mol. The second kappa shape index (κ2) is 9.74. The van der Waals surface area contributed by atoms with E-state index in [-0.39, 0.29) is 29.1 Å². The fourth-order valence-corrected chi connectivity index (χ4v) is 3.97. The van der Waals surface area contributed by atoms with E-state index in [4.69, 9.17) is 9.52 Å². The van der Waals surface area contributed by atoms with Gasteiger partial charge in [0.1, 0.15) is 11.4 Å². The maximum Gasteiger partial charge on any atom is 0.419 e. The number of oxazole rings is 1. The monoisotopic (exact) mass is 531 g/mol. The predicted octanol–water partition coefficient (Wildman–Crippen LogP) is 1.39. The molecule has 14 heteroatoms. The Morgan fingerprint density at radius 2 is 1.82 bits per heavy atom. The number of carboxylic acid groups (broad SMARTS) is 1. The lowest BCUT2D eigenvalue weighted by molar-refractivity contribution is 0.0696. The number of carbonyl (C=O) groups excluding carboxylic acids is 2. The number of aromatic carboxylic acids is 1. The van der Waals surface area contributed by atoms with E-state index >= 15 is 0 Å². The van der Waals surface area contributed by atoms with Gasteiger partial charge < -0.3 is 25.3 Å². The van der Waals surface area contributed by atoms with Crippen molar-refractivity contribution >= 4 is 34.5 Å². The number of amides is 2. The van der Waals surface area contributed by atoms with Crippen LogP contribution in [0.15, 0.2) is 57.7 Å². The Kier molecular flexibility index (Phi) is 6.27. The molecule has 5 aromatic rings. The van der Waals surface area contributed by atoms with E-state index in [2.05, 4.69) is 25.9 Å². The van der Waals surface area contributed by atoms with Crippen molar-refractivity contribution < 1.29 is 29.0 Å². The number of fused-ring (bicyclic) bond motifs is 2. The standard InChI is InChI=1S/C25H21N7O7/c1-12(14-4-6-15(7-5-14)24(36)37)27-21(33)16-10-18(32-20(28-16)23(35)29-30-32)22(34)26-11-13-3-8-19-17(9-13)31(2)25(38)39-19/h3-10,12,35H,11H2,1-2H3,(H,26,34)(H,27,33)(H,36,37)/t12-/m0/s1. The Hall–Kier alpha value is -5.53. The molecule has 3 aromatic heterocycles. The second-order valence-electron chi connectivity index (χ2n) is 8.71. The minimum atomic E-state index is -1.07. The smallest absolute Gasteiger partial charge is 0.419 e. The third kappa shape index (κ3) is 4.77. The van der Waals surface area contributed by atoms with Gasteiger partial charge in [-0.05, 0) is 42.3 Å². The van der Waals surface area contributed by atoms with E-state index in [1.165, 1.54) is 22.8 Å². The molecule has 39 heavy (non-hydrogen) atoms. The first-order chi connectivity index (χ1) is 18.6. The van der Waals surface area contributed by atoms with E-state index in [1.54, 1.807) is 44.3 Å². The Balaban J connectivity index is 1.37. The topological polar surface area (TPSA) is 194 Å². The van der Waals surface area contributed by atoms with Crippen molar-refractivity contribution in [3.05, 3.63) is 87.2 Å². The molecule has 0 saturated carbocycles. The molecule has 5 rings (SSSR count). The first-order valence-electron chi connectivity index (χ1n) is 11.6. The van der Waals surface area contributed by atoms with Crippen LogP contribution in [0.2, 0.25) is 0 Å². The zero-order valence-electron chi connectivity index (χ0n) is 20.6. The maximum atomic E-state index is 13.1. The molecule has 1 atom stereocenters. The third-order valence-electron chi connectivity index (χ3n) is 6.14. The van der Waals surface area contributed by atoms with Crippen molar-refractivity contribution in [2.24, 2.45) is 7.05 Å². The molecule has 0 aliphatic heterocycles. The van der Waals surface area contributed by atoms with E-state index in [1.807, 2.05) is 0 Å². The van der Waals surface area contributed by atoms with E-state index in [0.717, 1.165) is 4.52 Å². The second-order valence-corrected chi connectivity index (χ2v) is 8.71. The van der Waals surface area contributed by atoms with Crippen molar-refractivity contribution in [1.82, 2.24) is 35.0 Å². The molecule has 0 fully saturated rings. The number of nitrogens with zero attached hydrogens (tertiary/aromatic N) is 5. The number of rotatable bonds is 7. The van der Waals surface area contributed by atoms with E-state index in [9.17, 15) is 24.3 Å². The summed E-state index contributed by atoms with van der Waals surface area (Å²) in [5.74, 6) is -3.41. The molecule has 0 radical (unpaired) electrons. The fourth-order valence-electron chi connectivity index (χ4n) is 3.97. The Morgan fingerprint density at radius 1 is 1.08 bits per heavy atom. The number of aryl methyl sites for hydroxylation is 1. The number of hydrogen-bond donors (Lipinski definition) is 4. The zero-order chi connectivity index (χ0) is 27.8. The number of aromatic hydroxyl groups is 1. The summed E-state index contributed by atoms with van der Waals surface area (Å²) in [7, 11) is 1.57. The van der Waals surface area contributed by atoms with Gasteiger partial charge >= 0.3 is 11.7 Å². The summed E-state index contributed by atoms with van der Waals surface area (Å²) in [6, 6.07) is 11.7. The van der Waals surface area contributed by atoms with Gasteiger partial charge in [-0.15, -0.1) is 0 Å². The number of nitrogens with one attached hydrogen (secondary N) is 2. The summed E-state index contributed by atoms with van der Waals surface area (Å²) < 4.78 is 7.47. The fraction of sp³-hybridized carbons (Fsp3) is 0.160. The SMILES string of the molecule is C[C@H](NC(=O)c1cc(C(=O)NCc2ccc3oc(=O)n(C)c3c2)n2nnc(O)c2n1)c1ccc(C(=O)O)cc1. The molecule has 0 aliphatic carbocycles. The van der Waals surface area contributed by atoms with Crippen LogP contribution in [0.3, 0.4) is 0 Å². The number of carboxylic acids is 1. The lowest BCUT2D eigenvalue weighted by Gasteiger charge is -2.15. The quantitative estimate of drug-likeness (QED) is 0.238. The molecule has 2 amide bonds. The average Bonchev–Trinajstić information content (AvgIpc) is 3.44. The zero-order valence-corrected chi connectivity index (χ0v) is 20.6. The first-order valence-corrected chi connectivity index (χ1v) is 11.6. The average molecular weight is 531 g/mol. The highest BCUT2D eigenvalue weighted by atomic mass is 16.4. The molecule has 3 heterocycles. The largest absolute Gasteiger partial charge is 0.489 e. The van der Waals surface area contributed by atoms with Gasteiger partial charge in [0.2, 0.25) is 5.65 Å². The van der Waals surface area contributed by atoms with Crippen molar-refractivity contribution in [3.8, 4) is 5.88 Å². The summed E-state index contributed by atoms with van der Waals surface area (Å²) >= 11 is 0. The lowest BCUT2D eigenvalue weighted by atomic mass is 10.1. The van der Waals surface area contributed by atoms with Crippen LogP contribution in [0.4, 0.5) is 0 Å². The highest BCUT2D eigenvalue weighted by molar-refractivity contribution is 5.98. The molecule has 0 unspecified atom stereocenters. The van der Waals surface area contributed by atoms with Gasteiger partial charge in [0, 0.05) is 19.7 Å². The van der Waals surface area contributed by atoms with Gasteiger partial charge in [0.15, 0.2) is 5.58 Å². The normalized spacial score (nSPS) is 11.9. The summed E-state index contributed by atoms with van der Waals surface area (Å²) in [5, 5.41) is 31.9. The first kappa shape index (κ1) is 25.1. The molecule has 198 valence electrons. The van der Waals surface area contributed by atoms with Gasteiger partial charge in [-0.25, -0.2) is 14.6 Å². The van der Waals surface area contributed by atoms with Crippen LogP contribution in [0.5, 0.6) is 5.88 Å². The molecule has 0 bridgehead atoms. The van der Waals surface area contributed by atoms with Crippen LogP contribution in [-0.2, 0) is 13.6 Å². The Morgan fingerprint density at radius 3 is 2.54 bits per heavy atom. The van der Waals surface area contributed by atoms with Gasteiger partial charge in [-0.1, -0.05) is 28.5 Å². The summed E-state index contributed by atoms with van der Waals surface area (Å²) in [6.45, 7) is 1.77. The molecule has 4 N–H and O–H groups in total. The van der Waals surface area contributed by atoms with E-state index in [0.29, 0.717) is 22.2 Å². The molecular formula is C25H21N7O7. The molecule has 0 spiro atoms. The van der Waals surface area contributed by atoms with Crippen molar-refractivity contribution in [3.63, 3.8) is 0 Å².